The van der Waals surface area contributed by atoms with Gasteiger partial charge in [-0.25, -0.2) is 0 Å². The predicted octanol–water partition coefficient (Wildman–Crippen LogP) is 15.9. The second-order valence-corrected chi connectivity index (χ2v) is 16.1. The van der Waals surface area contributed by atoms with Gasteiger partial charge in [0.25, 0.3) is 0 Å². The minimum absolute atomic E-state index is 0.152. The Hall–Kier alpha value is -7.22. The molecule has 58 heavy (non-hydrogen) atoms. The molecule has 274 valence electrons. The third kappa shape index (κ3) is 5.46. The van der Waals surface area contributed by atoms with Crippen molar-refractivity contribution in [3.8, 4) is 44.5 Å². The normalized spacial score (nSPS) is 12.8. The van der Waals surface area contributed by atoms with Gasteiger partial charge >= 0.3 is 0 Å². The van der Waals surface area contributed by atoms with E-state index in [2.05, 4.69) is 231 Å². The maximum atomic E-state index is 2.53. The van der Waals surface area contributed by atoms with E-state index in [0.717, 1.165) is 17.1 Å². The number of benzene rings is 10. The summed E-state index contributed by atoms with van der Waals surface area (Å²) in [5.74, 6) is 0. The van der Waals surface area contributed by atoms with Crippen LogP contribution in [0.5, 0.6) is 0 Å². The van der Waals surface area contributed by atoms with Gasteiger partial charge in [0.05, 0.1) is 11.4 Å². The standard InChI is InChI=1S/C57H41N/c1-57(2)52-25-13-12-22-49(52)50-32-31-45(37-53(50)57)58(54-34-33-46(40-17-4-3-5-18-40)48-21-10-11-23-51(48)54)55-26-14-24-47(43-29-27-38-15-6-8-19-41(38)35-43)56(55)44-30-28-39-16-7-9-20-42(39)36-44/h3-37H,1-2H3. The van der Waals surface area contributed by atoms with Crippen molar-refractivity contribution in [1.82, 2.24) is 0 Å². The molecule has 0 bridgehead atoms. The van der Waals surface area contributed by atoms with E-state index in [0.29, 0.717) is 0 Å². The molecule has 11 rings (SSSR count). The quantitative estimate of drug-likeness (QED) is 0.164. The molecular weight excluding hydrogens is 699 g/mol. The molecule has 0 saturated carbocycles. The van der Waals surface area contributed by atoms with Gasteiger partial charge in [0, 0.05) is 22.1 Å². The van der Waals surface area contributed by atoms with Crippen LogP contribution >= 0.6 is 0 Å². The van der Waals surface area contributed by atoms with E-state index in [1.54, 1.807) is 0 Å². The van der Waals surface area contributed by atoms with Crippen molar-refractivity contribution in [3.05, 3.63) is 223 Å². The lowest BCUT2D eigenvalue weighted by Crippen LogP contribution is -2.17. The van der Waals surface area contributed by atoms with Crippen LogP contribution in [0.3, 0.4) is 0 Å². The minimum atomic E-state index is -0.152. The summed E-state index contributed by atoms with van der Waals surface area (Å²) in [6, 6.07) is 78.5. The zero-order valence-electron chi connectivity index (χ0n) is 32.7. The largest absolute Gasteiger partial charge is 0.309 e. The molecule has 0 amide bonds. The van der Waals surface area contributed by atoms with Crippen LogP contribution in [0.1, 0.15) is 25.0 Å². The number of nitrogens with zero attached hydrogens (tertiary/aromatic N) is 1. The highest BCUT2D eigenvalue weighted by molar-refractivity contribution is 6.09. The molecule has 0 fully saturated rings. The molecule has 1 aliphatic rings. The topological polar surface area (TPSA) is 3.24 Å². The Labute approximate surface area is 340 Å². The molecule has 1 nitrogen and oxygen atoms in total. The lowest BCUT2D eigenvalue weighted by Gasteiger charge is -2.32. The zero-order chi connectivity index (χ0) is 38.8. The summed E-state index contributed by atoms with van der Waals surface area (Å²) in [5, 5.41) is 7.35. The van der Waals surface area contributed by atoms with Crippen molar-refractivity contribution in [3.63, 3.8) is 0 Å². The van der Waals surface area contributed by atoms with Crippen LogP contribution in [0.4, 0.5) is 17.1 Å². The SMILES string of the molecule is CC1(C)c2ccccc2-c2ccc(N(c3cccc(-c4ccc5ccccc5c4)c3-c3ccc4ccccc4c3)c3ccc(-c4ccccc4)c4ccccc34)cc21. The van der Waals surface area contributed by atoms with Crippen molar-refractivity contribution in [2.75, 3.05) is 4.90 Å². The summed E-state index contributed by atoms with van der Waals surface area (Å²) in [6.07, 6.45) is 0. The first-order valence-corrected chi connectivity index (χ1v) is 20.3. The van der Waals surface area contributed by atoms with Crippen LogP contribution in [0.25, 0.3) is 76.8 Å². The van der Waals surface area contributed by atoms with Gasteiger partial charge in [-0.1, -0.05) is 190 Å². The average molecular weight is 740 g/mol. The monoisotopic (exact) mass is 739 g/mol. The fraction of sp³-hybridized carbons (Fsp3) is 0.0526. The Kier molecular flexibility index (Phi) is 7.91. The highest BCUT2D eigenvalue weighted by Crippen LogP contribution is 2.53. The first-order valence-electron chi connectivity index (χ1n) is 20.3. The van der Waals surface area contributed by atoms with Gasteiger partial charge in [-0.2, -0.15) is 0 Å². The Bertz CT molecular complexity index is 3210. The summed E-state index contributed by atoms with van der Waals surface area (Å²) in [6.45, 7) is 4.74. The predicted molar refractivity (Wildman–Crippen MR) is 248 cm³/mol. The fourth-order valence-corrected chi connectivity index (χ4v) is 9.56. The van der Waals surface area contributed by atoms with Crippen LogP contribution in [0, 0.1) is 0 Å². The van der Waals surface area contributed by atoms with Gasteiger partial charge in [0.15, 0.2) is 0 Å². The summed E-state index contributed by atoms with van der Waals surface area (Å²) in [5.41, 5.74) is 15.8. The third-order valence-electron chi connectivity index (χ3n) is 12.4. The van der Waals surface area contributed by atoms with Crippen LogP contribution in [0.15, 0.2) is 212 Å². The molecule has 0 atom stereocenters. The van der Waals surface area contributed by atoms with Crippen LogP contribution in [-0.2, 0) is 5.41 Å². The van der Waals surface area contributed by atoms with Crippen LogP contribution < -0.4 is 4.90 Å². The number of rotatable bonds is 6. The lowest BCUT2D eigenvalue weighted by atomic mass is 9.82. The van der Waals surface area contributed by atoms with E-state index < -0.39 is 0 Å². The summed E-state index contributed by atoms with van der Waals surface area (Å²) in [4.78, 5) is 2.53. The molecule has 0 aliphatic heterocycles. The van der Waals surface area contributed by atoms with E-state index in [1.807, 2.05) is 0 Å². The third-order valence-corrected chi connectivity index (χ3v) is 12.4. The Balaban J connectivity index is 1.23. The maximum Gasteiger partial charge on any atom is 0.0546 e. The Morgan fingerprint density at radius 3 is 1.69 bits per heavy atom. The molecule has 0 spiro atoms. The highest BCUT2D eigenvalue weighted by atomic mass is 15.1. The Morgan fingerprint density at radius 2 is 0.914 bits per heavy atom. The Morgan fingerprint density at radius 1 is 0.328 bits per heavy atom. The van der Waals surface area contributed by atoms with E-state index >= 15 is 0 Å². The second kappa shape index (κ2) is 13.5. The molecule has 1 heteroatoms. The molecule has 1 aliphatic carbocycles. The maximum absolute atomic E-state index is 2.53. The summed E-state index contributed by atoms with van der Waals surface area (Å²) >= 11 is 0. The van der Waals surface area contributed by atoms with Gasteiger partial charge in [-0.3, -0.25) is 0 Å². The molecule has 10 aromatic rings. The van der Waals surface area contributed by atoms with Crippen molar-refractivity contribution < 1.29 is 0 Å². The second-order valence-electron chi connectivity index (χ2n) is 16.1. The van der Waals surface area contributed by atoms with E-state index in [9.17, 15) is 0 Å². The van der Waals surface area contributed by atoms with Crippen molar-refractivity contribution in [1.29, 1.82) is 0 Å². The van der Waals surface area contributed by atoms with E-state index in [1.165, 1.54) is 88.0 Å². The molecule has 0 heterocycles. The summed E-state index contributed by atoms with van der Waals surface area (Å²) in [7, 11) is 0. The smallest absolute Gasteiger partial charge is 0.0546 e. The van der Waals surface area contributed by atoms with Gasteiger partial charge in [0.2, 0.25) is 0 Å². The average Bonchev–Trinajstić information content (AvgIpc) is 3.51. The van der Waals surface area contributed by atoms with E-state index in [4.69, 9.17) is 0 Å². The van der Waals surface area contributed by atoms with Gasteiger partial charge in [-0.15, -0.1) is 0 Å². The van der Waals surface area contributed by atoms with Crippen molar-refractivity contribution in [2.45, 2.75) is 19.3 Å². The molecule has 0 saturated heterocycles. The summed E-state index contributed by atoms with van der Waals surface area (Å²) < 4.78 is 0. The van der Waals surface area contributed by atoms with Gasteiger partial charge in [-0.05, 0) is 113 Å². The number of anilines is 3. The first kappa shape index (κ1) is 34.1. The molecule has 0 N–H and O–H groups in total. The molecule has 0 unspecified atom stereocenters. The highest BCUT2D eigenvalue weighted by Gasteiger charge is 2.36. The van der Waals surface area contributed by atoms with Crippen LogP contribution in [0.2, 0.25) is 0 Å². The first-order chi connectivity index (χ1) is 28.5. The molecule has 0 radical (unpaired) electrons. The fourth-order valence-electron chi connectivity index (χ4n) is 9.56. The van der Waals surface area contributed by atoms with Gasteiger partial charge in [0.1, 0.15) is 0 Å². The van der Waals surface area contributed by atoms with Gasteiger partial charge < -0.3 is 4.90 Å². The minimum Gasteiger partial charge on any atom is -0.309 e. The molecular formula is C57H41N. The van der Waals surface area contributed by atoms with Crippen molar-refractivity contribution >= 4 is 49.4 Å². The molecule has 10 aromatic carbocycles. The lowest BCUT2D eigenvalue weighted by molar-refractivity contribution is 0.660. The van der Waals surface area contributed by atoms with Crippen LogP contribution in [-0.4, -0.2) is 0 Å². The number of fused-ring (bicyclic) bond motifs is 6. The zero-order valence-corrected chi connectivity index (χ0v) is 32.7. The molecule has 0 aromatic heterocycles. The number of hydrogen-bond donors (Lipinski definition) is 0. The van der Waals surface area contributed by atoms with Crippen molar-refractivity contribution in [2.24, 2.45) is 0 Å². The van der Waals surface area contributed by atoms with E-state index in [-0.39, 0.29) is 5.41 Å². The number of hydrogen-bond acceptors (Lipinski definition) is 1.